The Morgan fingerprint density at radius 3 is 2.75 bits per heavy atom. The molecule has 0 atom stereocenters. The number of rotatable bonds is 7. The number of hydrogen-bond donors (Lipinski definition) is 2. The van der Waals surface area contributed by atoms with Gasteiger partial charge >= 0.3 is 0 Å². The quantitative estimate of drug-likeness (QED) is 0.607. The Balaban J connectivity index is 2.00. The van der Waals surface area contributed by atoms with Crippen molar-refractivity contribution in [3.05, 3.63) is 53.6 Å². The first kappa shape index (κ1) is 18.0. The fraction of sp³-hybridized carbons (Fsp3) is 0.474. The van der Waals surface area contributed by atoms with E-state index in [2.05, 4.69) is 72.1 Å². The average Bonchev–Trinajstić information content (AvgIpc) is 2.98. The molecule has 0 aliphatic rings. The summed E-state index contributed by atoms with van der Waals surface area (Å²) in [6.45, 7) is 11.8. The lowest BCUT2D eigenvalue weighted by Gasteiger charge is -2.14. The molecule has 0 aliphatic carbocycles. The molecular weight excluding hydrogens is 298 g/mol. The van der Waals surface area contributed by atoms with E-state index in [-0.39, 0.29) is 0 Å². The second-order valence-corrected chi connectivity index (χ2v) is 6.36. The van der Waals surface area contributed by atoms with E-state index in [0.717, 1.165) is 24.9 Å². The fourth-order valence-electron chi connectivity index (χ4n) is 2.52. The highest BCUT2D eigenvalue weighted by Crippen LogP contribution is 2.08. The van der Waals surface area contributed by atoms with Gasteiger partial charge in [-0.25, -0.2) is 9.98 Å². The van der Waals surface area contributed by atoms with Crippen molar-refractivity contribution in [2.24, 2.45) is 10.9 Å². The van der Waals surface area contributed by atoms with E-state index < -0.39 is 0 Å². The van der Waals surface area contributed by atoms with Crippen molar-refractivity contribution in [3.63, 3.8) is 0 Å². The summed E-state index contributed by atoms with van der Waals surface area (Å²) in [6, 6.07) is 8.35. The third-order valence-corrected chi connectivity index (χ3v) is 3.79. The summed E-state index contributed by atoms with van der Waals surface area (Å²) < 4.78 is 2.20. The van der Waals surface area contributed by atoms with Crippen LogP contribution in [0.15, 0.2) is 41.7 Å². The first-order chi connectivity index (χ1) is 11.6. The van der Waals surface area contributed by atoms with Gasteiger partial charge in [0.25, 0.3) is 0 Å². The Labute approximate surface area is 145 Å². The lowest BCUT2D eigenvalue weighted by molar-refractivity contribution is 0.503. The van der Waals surface area contributed by atoms with Crippen molar-refractivity contribution in [2.45, 2.75) is 47.3 Å². The molecule has 0 unspecified atom stereocenters. The Morgan fingerprint density at radius 2 is 2.04 bits per heavy atom. The van der Waals surface area contributed by atoms with Crippen LogP contribution in [-0.2, 0) is 19.6 Å². The van der Waals surface area contributed by atoms with Crippen molar-refractivity contribution in [1.82, 2.24) is 20.2 Å². The van der Waals surface area contributed by atoms with Gasteiger partial charge in [0.2, 0.25) is 0 Å². The van der Waals surface area contributed by atoms with Crippen molar-refractivity contribution >= 4 is 5.96 Å². The summed E-state index contributed by atoms with van der Waals surface area (Å²) >= 11 is 0. The summed E-state index contributed by atoms with van der Waals surface area (Å²) in [7, 11) is 0. The Kier molecular flexibility index (Phi) is 6.85. The normalized spacial score (nSPS) is 11.8. The molecule has 0 amide bonds. The Bertz CT molecular complexity index is 657. The third kappa shape index (κ3) is 5.41. The van der Waals surface area contributed by atoms with Crippen molar-refractivity contribution in [2.75, 3.05) is 6.54 Å². The first-order valence-corrected chi connectivity index (χ1v) is 8.66. The predicted octanol–water partition coefficient (Wildman–Crippen LogP) is 3.10. The monoisotopic (exact) mass is 327 g/mol. The highest BCUT2D eigenvalue weighted by atomic mass is 15.2. The van der Waals surface area contributed by atoms with Gasteiger partial charge in [-0.05, 0) is 30.9 Å². The van der Waals surface area contributed by atoms with Crippen LogP contribution in [0.1, 0.15) is 37.7 Å². The van der Waals surface area contributed by atoms with E-state index in [9.17, 15) is 0 Å². The molecule has 5 nitrogen and oxygen atoms in total. The van der Waals surface area contributed by atoms with Gasteiger partial charge in [0, 0.05) is 25.5 Å². The van der Waals surface area contributed by atoms with Gasteiger partial charge in [-0.3, -0.25) is 0 Å². The summed E-state index contributed by atoms with van der Waals surface area (Å²) in [5.41, 5.74) is 2.51. The van der Waals surface area contributed by atoms with E-state index in [1.807, 2.05) is 12.4 Å². The zero-order valence-corrected chi connectivity index (χ0v) is 15.2. The minimum absolute atomic E-state index is 0.598. The van der Waals surface area contributed by atoms with E-state index in [0.29, 0.717) is 19.0 Å². The van der Waals surface area contributed by atoms with E-state index in [1.165, 1.54) is 11.1 Å². The van der Waals surface area contributed by atoms with Crippen LogP contribution in [0.4, 0.5) is 0 Å². The van der Waals surface area contributed by atoms with Crippen LogP contribution < -0.4 is 10.6 Å². The molecule has 0 fully saturated rings. The second-order valence-electron chi connectivity index (χ2n) is 6.36. The van der Waals surface area contributed by atoms with Crippen molar-refractivity contribution in [1.29, 1.82) is 0 Å². The molecule has 0 spiro atoms. The van der Waals surface area contributed by atoms with Gasteiger partial charge in [0.1, 0.15) is 5.82 Å². The molecule has 0 bridgehead atoms. The van der Waals surface area contributed by atoms with Crippen LogP contribution in [0.25, 0.3) is 0 Å². The number of nitrogens with zero attached hydrogens (tertiary/aromatic N) is 3. The SMILES string of the molecule is CCNC(=NCc1ccccc1C)NCc1nccn1CC(C)C. The molecule has 0 saturated carbocycles. The summed E-state index contributed by atoms with van der Waals surface area (Å²) in [4.78, 5) is 9.14. The number of aromatic nitrogens is 2. The Morgan fingerprint density at radius 1 is 1.25 bits per heavy atom. The maximum absolute atomic E-state index is 4.69. The summed E-state index contributed by atoms with van der Waals surface area (Å²) in [5.74, 6) is 2.45. The van der Waals surface area contributed by atoms with E-state index in [1.54, 1.807) is 0 Å². The number of imidazole rings is 1. The molecule has 24 heavy (non-hydrogen) atoms. The average molecular weight is 327 g/mol. The molecule has 5 heteroatoms. The minimum Gasteiger partial charge on any atom is -0.357 e. The standard InChI is InChI=1S/C19H29N5/c1-5-20-19(22-12-17-9-7-6-8-16(17)4)23-13-18-21-10-11-24(18)14-15(2)3/h6-11,15H,5,12-14H2,1-4H3,(H2,20,22,23). The lowest BCUT2D eigenvalue weighted by Crippen LogP contribution is -2.37. The van der Waals surface area contributed by atoms with Crippen LogP contribution >= 0.6 is 0 Å². The zero-order valence-electron chi connectivity index (χ0n) is 15.2. The molecule has 0 radical (unpaired) electrons. The smallest absolute Gasteiger partial charge is 0.191 e. The molecular formula is C19H29N5. The molecule has 2 aromatic rings. The molecule has 0 saturated heterocycles. The van der Waals surface area contributed by atoms with E-state index >= 15 is 0 Å². The predicted molar refractivity (Wildman–Crippen MR) is 99.9 cm³/mol. The summed E-state index contributed by atoms with van der Waals surface area (Å²) in [6.07, 6.45) is 3.89. The molecule has 130 valence electrons. The van der Waals surface area contributed by atoms with Crippen LogP contribution in [0.3, 0.4) is 0 Å². The number of benzene rings is 1. The Hall–Kier alpha value is -2.30. The highest BCUT2D eigenvalue weighted by molar-refractivity contribution is 5.79. The van der Waals surface area contributed by atoms with Gasteiger partial charge in [0.05, 0.1) is 13.1 Å². The summed E-state index contributed by atoms with van der Waals surface area (Å²) in [5, 5.41) is 6.68. The fourth-order valence-corrected chi connectivity index (χ4v) is 2.52. The molecule has 1 aromatic carbocycles. The number of guanidine groups is 1. The van der Waals surface area contributed by atoms with Crippen LogP contribution in [0.5, 0.6) is 0 Å². The van der Waals surface area contributed by atoms with Crippen molar-refractivity contribution < 1.29 is 0 Å². The molecule has 2 N–H and O–H groups in total. The van der Waals surface area contributed by atoms with Crippen molar-refractivity contribution in [3.8, 4) is 0 Å². The number of aliphatic imine (C=N–C) groups is 1. The van der Waals surface area contributed by atoms with Crippen LogP contribution in [-0.4, -0.2) is 22.1 Å². The van der Waals surface area contributed by atoms with Gasteiger partial charge in [-0.1, -0.05) is 38.1 Å². The molecule has 0 aliphatic heterocycles. The van der Waals surface area contributed by atoms with Gasteiger partial charge in [-0.2, -0.15) is 0 Å². The molecule has 2 rings (SSSR count). The zero-order chi connectivity index (χ0) is 17.4. The van der Waals surface area contributed by atoms with Crippen LogP contribution in [0.2, 0.25) is 0 Å². The number of aryl methyl sites for hydroxylation is 1. The van der Waals surface area contributed by atoms with Gasteiger partial charge < -0.3 is 15.2 Å². The van der Waals surface area contributed by atoms with Gasteiger partial charge in [-0.15, -0.1) is 0 Å². The maximum Gasteiger partial charge on any atom is 0.191 e. The molecule has 1 aromatic heterocycles. The minimum atomic E-state index is 0.598. The number of hydrogen-bond acceptors (Lipinski definition) is 2. The maximum atomic E-state index is 4.69. The van der Waals surface area contributed by atoms with Gasteiger partial charge in [0.15, 0.2) is 5.96 Å². The number of nitrogens with one attached hydrogen (secondary N) is 2. The lowest BCUT2D eigenvalue weighted by atomic mass is 10.1. The largest absolute Gasteiger partial charge is 0.357 e. The molecule has 1 heterocycles. The topological polar surface area (TPSA) is 54.2 Å². The second kappa shape index (κ2) is 9.11. The van der Waals surface area contributed by atoms with E-state index in [4.69, 9.17) is 4.99 Å². The third-order valence-electron chi connectivity index (χ3n) is 3.79. The van der Waals surface area contributed by atoms with Crippen LogP contribution in [0, 0.1) is 12.8 Å². The first-order valence-electron chi connectivity index (χ1n) is 8.66. The highest BCUT2D eigenvalue weighted by Gasteiger charge is 2.06.